The topological polar surface area (TPSA) is 9.23 Å². The zero-order chi connectivity index (χ0) is 19.4. The van der Waals surface area contributed by atoms with E-state index in [9.17, 15) is 0 Å². The number of unbranched alkanes of at least 4 members (excludes halogenated alkanes) is 3. The van der Waals surface area contributed by atoms with E-state index < -0.39 is 8.07 Å². The summed E-state index contributed by atoms with van der Waals surface area (Å²) in [5.41, 5.74) is 2.82. The van der Waals surface area contributed by atoms with Crippen molar-refractivity contribution in [1.29, 1.82) is 0 Å². The molecular formula is C22H34I2OSi. The molecule has 0 radical (unpaired) electrons. The second kappa shape index (κ2) is 13.5. The maximum atomic E-state index is 5.86. The summed E-state index contributed by atoms with van der Waals surface area (Å²) in [6.07, 6.45) is 9.98. The molecule has 0 heterocycles. The Morgan fingerprint density at radius 1 is 1.00 bits per heavy atom. The first-order valence-corrected chi connectivity index (χ1v) is 15.4. The predicted molar refractivity (Wildman–Crippen MR) is 136 cm³/mol. The molecule has 0 aliphatic carbocycles. The number of hydrogen-bond acceptors (Lipinski definition) is 1. The Morgan fingerprint density at radius 2 is 1.69 bits per heavy atom. The fourth-order valence-electron chi connectivity index (χ4n) is 2.66. The van der Waals surface area contributed by atoms with Crippen molar-refractivity contribution in [2.45, 2.75) is 71.7 Å². The van der Waals surface area contributed by atoms with Gasteiger partial charge in [0.25, 0.3) is 0 Å². The molecule has 1 nitrogen and oxygen atoms in total. The molecule has 0 aliphatic rings. The summed E-state index contributed by atoms with van der Waals surface area (Å²) < 4.78 is 8.90. The monoisotopic (exact) mass is 596 g/mol. The first-order valence-electron chi connectivity index (χ1n) is 9.71. The van der Waals surface area contributed by atoms with Crippen molar-refractivity contribution in [3.05, 3.63) is 54.3 Å². The maximum Gasteiger partial charge on any atom is 0.0858 e. The van der Waals surface area contributed by atoms with Crippen molar-refractivity contribution in [3.8, 4) is 0 Å². The molecule has 146 valence electrons. The molecule has 0 fully saturated rings. The Kier molecular flexibility index (Phi) is 12.7. The van der Waals surface area contributed by atoms with E-state index in [0.29, 0.717) is 6.61 Å². The van der Waals surface area contributed by atoms with Crippen LogP contribution in [0.4, 0.5) is 0 Å². The summed E-state index contributed by atoms with van der Waals surface area (Å²) in [6, 6.07) is 10.4. The average Bonchev–Trinajstić information content (AvgIpc) is 2.61. The Balaban J connectivity index is 2.59. The molecule has 0 N–H and O–H groups in total. The van der Waals surface area contributed by atoms with Crippen LogP contribution in [0.1, 0.15) is 51.0 Å². The molecule has 0 unspecified atom stereocenters. The quantitative estimate of drug-likeness (QED) is 0.102. The standard InChI is InChI=1S/C22H34I2OSi/c1-5-6-7-11-14-20(22(24)26(2,3)4)17-21(23)15-16-25-18-19-12-9-8-10-13-19/h8-10,12-13,17H,5-7,11,14-16,18H2,1-4H3/b21-17-,22-20+. The third kappa shape index (κ3) is 10.6. The first-order chi connectivity index (χ1) is 12.3. The van der Waals surface area contributed by atoms with Gasteiger partial charge in [-0.25, -0.2) is 0 Å². The molecule has 0 aromatic heterocycles. The second-order valence-electron chi connectivity index (χ2n) is 7.78. The minimum Gasteiger partial charge on any atom is -0.376 e. The molecule has 0 amide bonds. The van der Waals surface area contributed by atoms with Gasteiger partial charge < -0.3 is 4.74 Å². The fraction of sp³-hybridized carbons (Fsp3) is 0.545. The van der Waals surface area contributed by atoms with Crippen LogP contribution in [0, 0.1) is 0 Å². The predicted octanol–water partition coefficient (Wildman–Crippen LogP) is 8.45. The Hall–Kier alpha value is 0.337. The van der Waals surface area contributed by atoms with Crippen LogP contribution in [0.3, 0.4) is 0 Å². The van der Waals surface area contributed by atoms with Gasteiger partial charge in [-0.05, 0) is 59.4 Å². The Bertz CT molecular complexity index is 574. The van der Waals surface area contributed by atoms with Gasteiger partial charge in [-0.2, -0.15) is 0 Å². The van der Waals surface area contributed by atoms with Crippen LogP contribution in [-0.2, 0) is 11.3 Å². The molecule has 0 spiro atoms. The summed E-state index contributed by atoms with van der Waals surface area (Å²) >= 11 is 5.12. The SMILES string of the molecule is CCCCCCC(/C=C(\I)CCOCc1ccccc1)=C(/I)[Si](C)(C)C. The van der Waals surface area contributed by atoms with Gasteiger partial charge in [-0.3, -0.25) is 0 Å². The fourth-order valence-corrected chi connectivity index (χ4v) is 4.85. The summed E-state index contributed by atoms with van der Waals surface area (Å²) in [7, 11) is -1.25. The number of benzene rings is 1. The summed E-state index contributed by atoms with van der Waals surface area (Å²) in [4.78, 5) is 0. The highest BCUT2D eigenvalue weighted by Crippen LogP contribution is 2.31. The van der Waals surface area contributed by atoms with Gasteiger partial charge in [0.2, 0.25) is 0 Å². The molecule has 1 rings (SSSR count). The molecule has 0 saturated carbocycles. The highest BCUT2D eigenvalue weighted by Gasteiger charge is 2.20. The lowest BCUT2D eigenvalue weighted by atomic mass is 10.1. The highest BCUT2D eigenvalue weighted by molar-refractivity contribution is 14.1. The van der Waals surface area contributed by atoms with Crippen LogP contribution >= 0.6 is 45.2 Å². The Morgan fingerprint density at radius 3 is 2.31 bits per heavy atom. The number of ether oxygens (including phenoxy) is 1. The van der Waals surface area contributed by atoms with Gasteiger partial charge in [0.05, 0.1) is 21.3 Å². The largest absolute Gasteiger partial charge is 0.376 e. The van der Waals surface area contributed by atoms with E-state index in [1.807, 2.05) is 6.07 Å². The van der Waals surface area contributed by atoms with Crippen LogP contribution in [-0.4, -0.2) is 14.7 Å². The van der Waals surface area contributed by atoms with Crippen molar-refractivity contribution < 1.29 is 4.74 Å². The van der Waals surface area contributed by atoms with Gasteiger partial charge in [-0.15, -0.1) is 0 Å². The second-order valence-corrected chi connectivity index (χ2v) is 16.3. The minimum atomic E-state index is -1.25. The van der Waals surface area contributed by atoms with E-state index in [1.165, 1.54) is 41.2 Å². The number of halogens is 2. The molecule has 0 atom stereocenters. The van der Waals surface area contributed by atoms with Crippen LogP contribution in [0.15, 0.2) is 48.8 Å². The van der Waals surface area contributed by atoms with E-state index >= 15 is 0 Å². The smallest absolute Gasteiger partial charge is 0.0858 e. The van der Waals surface area contributed by atoms with Crippen molar-refractivity contribution in [3.63, 3.8) is 0 Å². The normalized spacial score (nSPS) is 13.7. The summed E-state index contributed by atoms with van der Waals surface area (Å²) in [5.74, 6) is 0. The van der Waals surface area contributed by atoms with Crippen molar-refractivity contribution >= 4 is 53.3 Å². The number of allylic oxidation sites excluding steroid dienone is 2. The van der Waals surface area contributed by atoms with Gasteiger partial charge in [0.1, 0.15) is 0 Å². The van der Waals surface area contributed by atoms with Crippen LogP contribution < -0.4 is 0 Å². The first kappa shape index (κ1) is 24.4. The molecule has 1 aromatic rings. The van der Waals surface area contributed by atoms with Crippen LogP contribution in [0.25, 0.3) is 0 Å². The summed E-state index contributed by atoms with van der Waals surface area (Å²) in [5, 5.41) is 0. The van der Waals surface area contributed by atoms with Gasteiger partial charge in [0.15, 0.2) is 0 Å². The van der Waals surface area contributed by atoms with Crippen LogP contribution in [0.5, 0.6) is 0 Å². The average molecular weight is 596 g/mol. The molecule has 0 aliphatic heterocycles. The molecule has 0 bridgehead atoms. The maximum absolute atomic E-state index is 5.86. The zero-order valence-electron chi connectivity index (χ0n) is 16.8. The Labute approximate surface area is 189 Å². The van der Waals surface area contributed by atoms with Crippen LogP contribution in [0.2, 0.25) is 19.6 Å². The lowest BCUT2D eigenvalue weighted by Crippen LogP contribution is -2.21. The lowest BCUT2D eigenvalue weighted by molar-refractivity contribution is 0.125. The number of hydrogen-bond donors (Lipinski definition) is 0. The van der Waals surface area contributed by atoms with E-state index in [0.717, 1.165) is 13.0 Å². The van der Waals surface area contributed by atoms with Gasteiger partial charge in [0, 0.05) is 6.42 Å². The minimum absolute atomic E-state index is 0.705. The van der Waals surface area contributed by atoms with Crippen molar-refractivity contribution in [2.24, 2.45) is 0 Å². The molecular weight excluding hydrogens is 562 g/mol. The van der Waals surface area contributed by atoms with E-state index in [4.69, 9.17) is 4.74 Å². The van der Waals surface area contributed by atoms with Gasteiger partial charge in [-0.1, -0.05) is 98.7 Å². The third-order valence-electron chi connectivity index (χ3n) is 4.17. The van der Waals surface area contributed by atoms with E-state index in [-0.39, 0.29) is 0 Å². The molecule has 0 saturated heterocycles. The molecule has 4 heteroatoms. The lowest BCUT2D eigenvalue weighted by Gasteiger charge is -2.19. The van der Waals surface area contributed by atoms with Crippen molar-refractivity contribution in [1.82, 2.24) is 0 Å². The van der Waals surface area contributed by atoms with E-state index in [2.05, 4.69) is 102 Å². The zero-order valence-corrected chi connectivity index (χ0v) is 22.1. The van der Waals surface area contributed by atoms with E-state index in [1.54, 1.807) is 8.78 Å². The van der Waals surface area contributed by atoms with Crippen molar-refractivity contribution in [2.75, 3.05) is 6.61 Å². The third-order valence-corrected chi connectivity index (χ3v) is 12.2. The molecule has 1 aromatic carbocycles. The number of rotatable bonds is 12. The van der Waals surface area contributed by atoms with Gasteiger partial charge >= 0.3 is 0 Å². The highest BCUT2D eigenvalue weighted by atomic mass is 127. The summed E-state index contributed by atoms with van der Waals surface area (Å²) in [6.45, 7) is 11.1. The molecule has 26 heavy (non-hydrogen) atoms.